The summed E-state index contributed by atoms with van der Waals surface area (Å²) in [6.07, 6.45) is 2.50. The molecule has 6 nitrogen and oxygen atoms in total. The Morgan fingerprint density at radius 1 is 1.16 bits per heavy atom. The second-order valence-corrected chi connectivity index (χ2v) is 5.67. The highest BCUT2D eigenvalue weighted by atomic mass is 16.5. The van der Waals surface area contributed by atoms with Crippen molar-refractivity contribution in [1.82, 2.24) is 10.2 Å². The molecule has 134 valence electrons. The Morgan fingerprint density at radius 3 is 2.64 bits per heavy atom. The van der Waals surface area contributed by atoms with Gasteiger partial charge in [-0.2, -0.15) is 0 Å². The van der Waals surface area contributed by atoms with E-state index in [1.807, 2.05) is 24.3 Å². The fraction of sp³-hybridized carbons (Fsp3) is 0.368. The zero-order chi connectivity index (χ0) is 18.1. The summed E-state index contributed by atoms with van der Waals surface area (Å²) in [4.78, 5) is 25.4. The van der Waals surface area contributed by atoms with Gasteiger partial charge in [-0.15, -0.1) is 0 Å². The maximum absolute atomic E-state index is 11.9. The van der Waals surface area contributed by atoms with Crippen molar-refractivity contribution in [3.05, 3.63) is 54.0 Å². The predicted octanol–water partition coefficient (Wildman–Crippen LogP) is 2.39. The normalized spacial score (nSPS) is 10.3. The van der Waals surface area contributed by atoms with Crippen molar-refractivity contribution in [2.24, 2.45) is 0 Å². The summed E-state index contributed by atoms with van der Waals surface area (Å²) in [5.74, 6) is 1.35. The number of hydrogen-bond acceptors (Lipinski definition) is 4. The number of methoxy groups -OCH3 is 1. The lowest BCUT2D eigenvalue weighted by Crippen LogP contribution is -2.35. The molecule has 0 bridgehead atoms. The van der Waals surface area contributed by atoms with Crippen LogP contribution in [0.2, 0.25) is 0 Å². The molecule has 0 spiro atoms. The van der Waals surface area contributed by atoms with E-state index in [0.717, 1.165) is 11.3 Å². The quantitative estimate of drug-likeness (QED) is 0.758. The third-order valence-electron chi connectivity index (χ3n) is 3.94. The van der Waals surface area contributed by atoms with Crippen molar-refractivity contribution in [2.45, 2.75) is 26.3 Å². The zero-order valence-electron chi connectivity index (χ0n) is 14.7. The molecule has 1 N–H and O–H groups in total. The average molecular weight is 344 g/mol. The van der Waals surface area contributed by atoms with Crippen molar-refractivity contribution in [3.63, 3.8) is 0 Å². The van der Waals surface area contributed by atoms with Gasteiger partial charge in [-0.3, -0.25) is 9.59 Å². The first-order chi connectivity index (χ1) is 12.1. The molecule has 0 atom stereocenters. The van der Waals surface area contributed by atoms with Gasteiger partial charge in [0.1, 0.15) is 11.5 Å². The van der Waals surface area contributed by atoms with Gasteiger partial charge in [-0.25, -0.2) is 0 Å². The molecule has 0 saturated heterocycles. The van der Waals surface area contributed by atoms with Gasteiger partial charge >= 0.3 is 0 Å². The lowest BCUT2D eigenvalue weighted by Gasteiger charge is -2.21. The smallest absolute Gasteiger partial charge is 0.222 e. The van der Waals surface area contributed by atoms with Crippen LogP contribution >= 0.6 is 0 Å². The van der Waals surface area contributed by atoms with E-state index in [2.05, 4.69) is 5.32 Å². The molecule has 0 unspecified atom stereocenters. The van der Waals surface area contributed by atoms with Crippen molar-refractivity contribution in [3.8, 4) is 5.75 Å². The lowest BCUT2D eigenvalue weighted by atomic mass is 10.1. The highest BCUT2D eigenvalue weighted by Crippen LogP contribution is 2.18. The van der Waals surface area contributed by atoms with Crippen LogP contribution in [0.1, 0.15) is 24.7 Å². The lowest BCUT2D eigenvalue weighted by molar-refractivity contribution is -0.129. The Kier molecular flexibility index (Phi) is 7.07. The van der Waals surface area contributed by atoms with E-state index in [1.165, 1.54) is 6.92 Å². The van der Waals surface area contributed by atoms with Crippen LogP contribution < -0.4 is 10.1 Å². The molecule has 0 radical (unpaired) electrons. The predicted molar refractivity (Wildman–Crippen MR) is 94.1 cm³/mol. The van der Waals surface area contributed by atoms with Crippen molar-refractivity contribution in [1.29, 1.82) is 0 Å². The van der Waals surface area contributed by atoms with E-state index in [4.69, 9.17) is 9.15 Å². The van der Waals surface area contributed by atoms with E-state index >= 15 is 0 Å². The first-order valence-corrected chi connectivity index (χ1v) is 8.26. The molecule has 2 aromatic rings. The van der Waals surface area contributed by atoms with Crippen LogP contribution in [0.25, 0.3) is 0 Å². The summed E-state index contributed by atoms with van der Waals surface area (Å²) in [7, 11) is 1.63. The number of nitrogens with zero attached hydrogens (tertiary/aromatic N) is 1. The number of benzene rings is 1. The zero-order valence-corrected chi connectivity index (χ0v) is 14.7. The van der Waals surface area contributed by atoms with Gasteiger partial charge in [0.2, 0.25) is 11.8 Å². The van der Waals surface area contributed by atoms with Crippen molar-refractivity contribution in [2.75, 3.05) is 20.2 Å². The monoisotopic (exact) mass is 344 g/mol. The van der Waals surface area contributed by atoms with E-state index in [1.54, 1.807) is 30.4 Å². The number of rotatable bonds is 9. The van der Waals surface area contributed by atoms with Crippen LogP contribution in [0, 0.1) is 0 Å². The molecule has 25 heavy (non-hydrogen) atoms. The molecule has 1 aromatic carbocycles. The molecule has 0 fully saturated rings. The molecule has 1 heterocycles. The fourth-order valence-electron chi connectivity index (χ4n) is 2.52. The molecule has 0 aliphatic rings. The summed E-state index contributed by atoms with van der Waals surface area (Å²) in [6.45, 7) is 2.80. The Bertz CT molecular complexity index is 682. The van der Waals surface area contributed by atoms with E-state index in [0.29, 0.717) is 31.8 Å². The number of nitrogens with one attached hydrogen (secondary N) is 1. The molecule has 2 amide bonds. The van der Waals surface area contributed by atoms with Crippen molar-refractivity contribution >= 4 is 11.8 Å². The molecular weight excluding hydrogens is 320 g/mol. The minimum absolute atomic E-state index is 0.0475. The molecular formula is C19H24N2O4. The first kappa shape index (κ1) is 18.6. The van der Waals surface area contributed by atoms with Gasteiger partial charge < -0.3 is 19.4 Å². The van der Waals surface area contributed by atoms with Gasteiger partial charge in [-0.1, -0.05) is 18.2 Å². The Morgan fingerprint density at radius 2 is 1.96 bits per heavy atom. The maximum atomic E-state index is 11.9. The largest absolute Gasteiger partial charge is 0.496 e. The Hall–Kier alpha value is -2.76. The van der Waals surface area contributed by atoms with Gasteiger partial charge in [0.05, 0.1) is 19.9 Å². The molecule has 0 aliphatic carbocycles. The number of carbonyl (C=O) groups is 2. The second kappa shape index (κ2) is 9.52. The number of amides is 2. The number of carbonyl (C=O) groups excluding carboxylic acids is 2. The van der Waals surface area contributed by atoms with E-state index < -0.39 is 0 Å². The highest BCUT2D eigenvalue weighted by Gasteiger charge is 2.12. The maximum Gasteiger partial charge on any atom is 0.222 e. The van der Waals surface area contributed by atoms with Gasteiger partial charge in [-0.05, 0) is 30.2 Å². The molecule has 2 rings (SSSR count). The Balaban J connectivity index is 1.80. The van der Waals surface area contributed by atoms with Crippen LogP contribution in [0.5, 0.6) is 5.75 Å². The first-order valence-electron chi connectivity index (χ1n) is 8.26. The van der Waals surface area contributed by atoms with Crippen LogP contribution in [0.15, 0.2) is 47.1 Å². The second-order valence-electron chi connectivity index (χ2n) is 5.67. The summed E-state index contributed by atoms with van der Waals surface area (Å²) >= 11 is 0. The Labute approximate surface area is 147 Å². The van der Waals surface area contributed by atoms with Gasteiger partial charge in [0.25, 0.3) is 0 Å². The minimum Gasteiger partial charge on any atom is -0.496 e. The van der Waals surface area contributed by atoms with Crippen molar-refractivity contribution < 1.29 is 18.7 Å². The fourth-order valence-corrected chi connectivity index (χ4v) is 2.52. The van der Waals surface area contributed by atoms with Gasteiger partial charge in [0.15, 0.2) is 0 Å². The third-order valence-corrected chi connectivity index (χ3v) is 3.94. The third kappa shape index (κ3) is 5.99. The standard InChI is InChI=1S/C19H24N2O4/c1-15(22)21(11-9-16-6-3-4-8-18(16)24-2)12-10-19(23)20-14-17-7-5-13-25-17/h3-8,13H,9-12,14H2,1-2H3,(H,20,23). The van der Waals surface area contributed by atoms with E-state index in [-0.39, 0.29) is 18.2 Å². The van der Waals surface area contributed by atoms with Crippen LogP contribution in [-0.2, 0) is 22.6 Å². The van der Waals surface area contributed by atoms with Crippen LogP contribution in [0.3, 0.4) is 0 Å². The summed E-state index contributed by atoms with van der Waals surface area (Å²) in [5.41, 5.74) is 1.04. The minimum atomic E-state index is -0.111. The van der Waals surface area contributed by atoms with Gasteiger partial charge in [0, 0.05) is 26.4 Å². The topological polar surface area (TPSA) is 71.8 Å². The SMILES string of the molecule is COc1ccccc1CCN(CCC(=O)NCc1ccco1)C(C)=O. The number of para-hydroxylation sites is 1. The van der Waals surface area contributed by atoms with E-state index in [9.17, 15) is 9.59 Å². The van der Waals surface area contributed by atoms with Crippen LogP contribution in [0.4, 0.5) is 0 Å². The summed E-state index contributed by atoms with van der Waals surface area (Å²) < 4.78 is 10.5. The number of hydrogen-bond donors (Lipinski definition) is 1. The summed E-state index contributed by atoms with van der Waals surface area (Å²) in [5, 5.41) is 2.78. The highest BCUT2D eigenvalue weighted by molar-refractivity contribution is 5.78. The molecule has 0 aliphatic heterocycles. The number of furan rings is 1. The average Bonchev–Trinajstić information content (AvgIpc) is 3.13. The summed E-state index contributed by atoms with van der Waals surface area (Å²) in [6, 6.07) is 11.3. The molecule has 1 aromatic heterocycles. The molecule has 0 saturated carbocycles. The number of ether oxygens (including phenoxy) is 1. The molecule has 6 heteroatoms. The van der Waals surface area contributed by atoms with Crippen LogP contribution in [-0.4, -0.2) is 36.9 Å².